The molecule has 31 heavy (non-hydrogen) atoms. The largest absolute Gasteiger partial charge is 0.311 e. The number of hydrogen-bond donors (Lipinski definition) is 1. The molecule has 1 aliphatic rings. The average Bonchev–Trinajstić information content (AvgIpc) is 2.96. The van der Waals surface area contributed by atoms with E-state index in [-0.39, 0.29) is 16.1 Å². The molecule has 162 valence electrons. The maximum Gasteiger partial charge on any atom is 0.290 e. The Kier molecular flexibility index (Phi) is 5.67. The summed E-state index contributed by atoms with van der Waals surface area (Å²) in [4.78, 5) is 10.3. The number of fused-ring (bicyclic) bond motifs is 1. The SMILES string of the molecule is Cc1cccc([N+](=O)[O-])c1S(=O)(=O)Nc1ccc(Cl)c(-c2nnc3n2CCCCC3)c1. The number of hydrogen-bond acceptors (Lipinski definition) is 6. The molecule has 0 fully saturated rings. The summed E-state index contributed by atoms with van der Waals surface area (Å²) in [5.41, 5.74) is 0.563. The first-order valence-corrected chi connectivity index (χ1v) is 11.6. The molecule has 0 unspecified atom stereocenters. The van der Waals surface area contributed by atoms with Crippen LogP contribution in [0.5, 0.6) is 0 Å². The van der Waals surface area contributed by atoms with E-state index in [2.05, 4.69) is 14.9 Å². The second kappa shape index (κ2) is 8.27. The molecule has 0 bridgehead atoms. The highest BCUT2D eigenvalue weighted by Crippen LogP contribution is 2.33. The Morgan fingerprint density at radius 3 is 2.74 bits per heavy atom. The summed E-state index contributed by atoms with van der Waals surface area (Å²) in [6.07, 6.45) is 3.97. The van der Waals surface area contributed by atoms with Gasteiger partial charge in [-0.2, -0.15) is 0 Å². The number of nitro groups is 1. The molecule has 1 aromatic heterocycles. The van der Waals surface area contributed by atoms with Crippen LogP contribution in [0.15, 0.2) is 41.3 Å². The predicted octanol–water partition coefficient (Wildman–Crippen LogP) is 4.34. The number of nitrogens with one attached hydrogen (secondary N) is 1. The first-order valence-electron chi connectivity index (χ1n) is 9.77. The molecule has 1 aliphatic heterocycles. The number of rotatable bonds is 5. The predicted molar refractivity (Wildman–Crippen MR) is 117 cm³/mol. The average molecular weight is 462 g/mol. The zero-order chi connectivity index (χ0) is 22.2. The summed E-state index contributed by atoms with van der Waals surface area (Å²) in [6.45, 7) is 2.28. The van der Waals surface area contributed by atoms with Gasteiger partial charge in [-0.15, -0.1) is 10.2 Å². The van der Waals surface area contributed by atoms with E-state index < -0.39 is 20.6 Å². The molecule has 0 aliphatic carbocycles. The molecule has 1 N–H and O–H groups in total. The van der Waals surface area contributed by atoms with Crippen LogP contribution in [0.1, 0.15) is 30.7 Å². The third-order valence-electron chi connectivity index (χ3n) is 5.23. The fourth-order valence-corrected chi connectivity index (χ4v) is 5.43. The first kappa shape index (κ1) is 21.3. The van der Waals surface area contributed by atoms with E-state index in [0.717, 1.165) is 38.1 Å². The summed E-state index contributed by atoms with van der Waals surface area (Å²) in [5, 5.41) is 20.3. The molecular weight excluding hydrogens is 442 g/mol. The molecule has 3 aromatic rings. The van der Waals surface area contributed by atoms with Gasteiger partial charge in [-0.25, -0.2) is 8.42 Å². The highest BCUT2D eigenvalue weighted by molar-refractivity contribution is 7.93. The van der Waals surface area contributed by atoms with E-state index in [1.807, 2.05) is 4.57 Å². The molecule has 2 aromatic carbocycles. The van der Waals surface area contributed by atoms with Gasteiger partial charge < -0.3 is 4.57 Å². The van der Waals surface area contributed by atoms with Gasteiger partial charge in [0.2, 0.25) is 0 Å². The minimum atomic E-state index is -4.22. The second-order valence-electron chi connectivity index (χ2n) is 7.38. The minimum Gasteiger partial charge on any atom is -0.311 e. The lowest BCUT2D eigenvalue weighted by molar-refractivity contribution is -0.387. The van der Waals surface area contributed by atoms with E-state index in [1.54, 1.807) is 12.1 Å². The van der Waals surface area contributed by atoms with Crippen molar-refractivity contribution in [1.29, 1.82) is 0 Å². The van der Waals surface area contributed by atoms with Crippen LogP contribution in [0.3, 0.4) is 0 Å². The maximum absolute atomic E-state index is 13.0. The number of anilines is 1. The van der Waals surface area contributed by atoms with Gasteiger partial charge in [-0.3, -0.25) is 14.8 Å². The van der Waals surface area contributed by atoms with Crippen molar-refractivity contribution in [1.82, 2.24) is 14.8 Å². The monoisotopic (exact) mass is 461 g/mol. The molecule has 0 amide bonds. The van der Waals surface area contributed by atoms with E-state index in [4.69, 9.17) is 11.6 Å². The highest BCUT2D eigenvalue weighted by Gasteiger charge is 2.28. The number of benzene rings is 2. The molecule has 0 saturated carbocycles. The van der Waals surface area contributed by atoms with Crippen LogP contribution in [0.25, 0.3) is 11.4 Å². The summed E-state index contributed by atoms with van der Waals surface area (Å²) in [7, 11) is -4.22. The molecular formula is C20H20ClN5O4S. The molecule has 4 rings (SSSR count). The van der Waals surface area contributed by atoms with Crippen molar-refractivity contribution in [3.63, 3.8) is 0 Å². The molecule has 11 heteroatoms. The molecule has 0 spiro atoms. The Balaban J connectivity index is 1.74. The number of nitrogens with zero attached hydrogens (tertiary/aromatic N) is 4. The summed E-state index contributed by atoms with van der Waals surface area (Å²) in [5.74, 6) is 1.45. The number of aryl methyl sites for hydroxylation is 2. The quantitative estimate of drug-likeness (QED) is 0.445. The maximum atomic E-state index is 13.0. The second-order valence-corrected chi connectivity index (χ2v) is 9.41. The van der Waals surface area contributed by atoms with Gasteiger partial charge in [0, 0.05) is 30.3 Å². The van der Waals surface area contributed by atoms with E-state index in [0.29, 0.717) is 16.4 Å². The van der Waals surface area contributed by atoms with E-state index in [1.165, 1.54) is 31.2 Å². The third-order valence-corrected chi connectivity index (χ3v) is 7.13. The fraction of sp³-hybridized carbons (Fsp3) is 0.300. The molecule has 9 nitrogen and oxygen atoms in total. The van der Waals surface area contributed by atoms with Gasteiger partial charge in [0.15, 0.2) is 10.7 Å². The van der Waals surface area contributed by atoms with Crippen molar-refractivity contribution in [3.05, 3.63) is 62.9 Å². The van der Waals surface area contributed by atoms with Crippen LogP contribution >= 0.6 is 11.6 Å². The summed E-state index contributed by atoms with van der Waals surface area (Å²) < 4.78 is 30.5. The third kappa shape index (κ3) is 4.13. The van der Waals surface area contributed by atoms with Gasteiger partial charge in [0.25, 0.3) is 15.7 Å². The Morgan fingerprint density at radius 1 is 1.16 bits per heavy atom. The summed E-state index contributed by atoms with van der Waals surface area (Å²) in [6, 6.07) is 8.78. The zero-order valence-corrected chi connectivity index (χ0v) is 18.3. The van der Waals surface area contributed by atoms with Gasteiger partial charge in [-0.05, 0) is 43.5 Å². The van der Waals surface area contributed by atoms with Crippen LogP contribution in [-0.2, 0) is 23.0 Å². The number of nitro benzene ring substituents is 1. The van der Waals surface area contributed by atoms with Gasteiger partial charge in [-0.1, -0.05) is 30.2 Å². The topological polar surface area (TPSA) is 120 Å². The van der Waals surface area contributed by atoms with Gasteiger partial charge in [0.1, 0.15) is 5.82 Å². The lowest BCUT2D eigenvalue weighted by Gasteiger charge is -2.13. The number of aromatic nitrogens is 3. The smallest absolute Gasteiger partial charge is 0.290 e. The van der Waals surface area contributed by atoms with Crippen molar-refractivity contribution in [2.75, 3.05) is 4.72 Å². The highest BCUT2D eigenvalue weighted by atomic mass is 35.5. The fourth-order valence-electron chi connectivity index (χ4n) is 3.78. The number of halogens is 1. The van der Waals surface area contributed by atoms with Crippen molar-refractivity contribution in [2.24, 2.45) is 0 Å². The molecule has 0 saturated heterocycles. The van der Waals surface area contributed by atoms with E-state index in [9.17, 15) is 18.5 Å². The Morgan fingerprint density at radius 2 is 1.97 bits per heavy atom. The lowest BCUT2D eigenvalue weighted by atomic mass is 10.2. The summed E-state index contributed by atoms with van der Waals surface area (Å²) >= 11 is 6.40. The minimum absolute atomic E-state index is 0.225. The van der Waals surface area contributed by atoms with Crippen molar-refractivity contribution in [3.8, 4) is 11.4 Å². The van der Waals surface area contributed by atoms with Crippen LogP contribution in [0.2, 0.25) is 5.02 Å². The zero-order valence-electron chi connectivity index (χ0n) is 16.7. The van der Waals surface area contributed by atoms with Crippen LogP contribution in [-0.4, -0.2) is 28.1 Å². The molecule has 0 radical (unpaired) electrons. The Hall–Kier alpha value is -2.98. The number of sulfonamides is 1. The normalized spacial score (nSPS) is 14.0. The first-order chi connectivity index (χ1) is 14.8. The van der Waals surface area contributed by atoms with Crippen molar-refractivity contribution < 1.29 is 13.3 Å². The lowest BCUT2D eigenvalue weighted by Crippen LogP contribution is -2.16. The van der Waals surface area contributed by atoms with Crippen LogP contribution in [0.4, 0.5) is 11.4 Å². The standard InChI is InChI=1S/C20H20ClN5O4S/c1-13-6-5-7-17(26(27)28)19(13)31(29,30)24-14-9-10-16(21)15(12-14)20-23-22-18-8-3-2-4-11-25(18)20/h5-7,9-10,12,24H,2-4,8,11H2,1H3. The Bertz CT molecular complexity index is 1270. The Labute approximate surface area is 184 Å². The van der Waals surface area contributed by atoms with Crippen LogP contribution < -0.4 is 4.72 Å². The van der Waals surface area contributed by atoms with Gasteiger partial charge in [0.05, 0.1) is 9.95 Å². The van der Waals surface area contributed by atoms with Crippen molar-refractivity contribution in [2.45, 2.75) is 44.0 Å². The van der Waals surface area contributed by atoms with Crippen molar-refractivity contribution >= 4 is 33.0 Å². The van der Waals surface area contributed by atoms with Gasteiger partial charge >= 0.3 is 0 Å². The van der Waals surface area contributed by atoms with Crippen LogP contribution in [0, 0.1) is 17.0 Å². The van der Waals surface area contributed by atoms with E-state index >= 15 is 0 Å². The molecule has 2 heterocycles. The molecule has 0 atom stereocenters.